The average Bonchev–Trinajstić information content (AvgIpc) is 2.92. The summed E-state index contributed by atoms with van der Waals surface area (Å²) in [5.74, 6) is -3.51. The number of hydrogen-bond donors (Lipinski definition) is 4. The van der Waals surface area contributed by atoms with E-state index in [1.165, 1.54) is 0 Å². The van der Waals surface area contributed by atoms with Gasteiger partial charge in [0.15, 0.2) is 17.2 Å². The summed E-state index contributed by atoms with van der Waals surface area (Å²) in [4.78, 5) is 41.0. The number of fused-ring (bicyclic) bond motifs is 3. The molecule has 1 fully saturated rings. The number of allylic oxidation sites excluding steroid dienone is 2. The molecule has 0 heterocycles. The molecule has 44 heavy (non-hydrogen) atoms. The van der Waals surface area contributed by atoms with Crippen LogP contribution in [0.5, 0.6) is 5.75 Å². The van der Waals surface area contributed by atoms with Crippen LogP contribution >= 0.6 is 0 Å². The van der Waals surface area contributed by atoms with Gasteiger partial charge in [-0.2, -0.15) is 0 Å². The molecule has 2 unspecified atom stereocenters. The summed E-state index contributed by atoms with van der Waals surface area (Å²) < 4.78 is 0. The molecule has 7 nitrogen and oxygen atoms in total. The molecule has 5 atom stereocenters. The van der Waals surface area contributed by atoms with Gasteiger partial charge in [-0.15, -0.1) is 0 Å². The van der Waals surface area contributed by atoms with Gasteiger partial charge in [-0.3, -0.25) is 14.4 Å². The molecule has 1 aromatic rings. The van der Waals surface area contributed by atoms with Crippen LogP contribution in [0.4, 0.5) is 0 Å². The van der Waals surface area contributed by atoms with Gasteiger partial charge < -0.3 is 20.4 Å². The number of benzene rings is 1. The Labute approximate surface area is 261 Å². The number of Topliss-reactive ketones (excluding diaryl/α,β-unsaturated/α-hetero) is 3. The minimum Gasteiger partial charge on any atom is -0.511 e. The quantitative estimate of drug-likeness (QED) is 0.237. The number of aliphatic hydroxyl groups is 3. The molecule has 7 heteroatoms. The molecule has 4 aliphatic rings. The first-order chi connectivity index (χ1) is 20.5. The highest BCUT2D eigenvalue weighted by Gasteiger charge is 2.71. The van der Waals surface area contributed by atoms with E-state index in [0.717, 1.165) is 57.4 Å². The van der Waals surface area contributed by atoms with Crippen LogP contribution in [-0.2, 0) is 16.0 Å². The number of aliphatic hydroxyl groups excluding tert-OH is 2. The molecule has 0 amide bonds. The summed E-state index contributed by atoms with van der Waals surface area (Å²) in [6, 6.07) is 3.92. The number of phenolic OH excluding ortho intramolecular Hbond substituents is 1. The maximum atomic E-state index is 14.5. The van der Waals surface area contributed by atoms with Gasteiger partial charge in [0.2, 0.25) is 5.78 Å². The molecule has 0 bridgehead atoms. The Bertz CT molecular complexity index is 1460. The maximum Gasteiger partial charge on any atom is 0.209 e. The summed E-state index contributed by atoms with van der Waals surface area (Å²) in [6.07, 6.45) is 7.80. The van der Waals surface area contributed by atoms with Crippen molar-refractivity contribution in [2.45, 2.75) is 118 Å². The predicted octanol–water partition coefficient (Wildman–Crippen LogP) is 7.45. The van der Waals surface area contributed by atoms with E-state index in [-0.39, 0.29) is 40.9 Å². The fourth-order valence-electron chi connectivity index (χ4n) is 9.80. The monoisotopic (exact) mass is 606 g/mol. The fraction of sp³-hybridized carbons (Fsp3) is 0.649. The van der Waals surface area contributed by atoms with Gasteiger partial charge >= 0.3 is 0 Å². The van der Waals surface area contributed by atoms with E-state index in [9.17, 15) is 34.8 Å². The Morgan fingerprint density at radius 3 is 2.25 bits per heavy atom. The van der Waals surface area contributed by atoms with Crippen molar-refractivity contribution in [3.8, 4) is 5.75 Å². The zero-order valence-electron chi connectivity index (χ0n) is 27.4. The first-order valence-corrected chi connectivity index (χ1v) is 16.6. The third-order valence-corrected chi connectivity index (χ3v) is 11.8. The van der Waals surface area contributed by atoms with Gasteiger partial charge in [0, 0.05) is 22.3 Å². The Kier molecular flexibility index (Phi) is 8.23. The van der Waals surface area contributed by atoms with Crippen LogP contribution in [0, 0.1) is 34.5 Å². The molecule has 0 radical (unpaired) electrons. The van der Waals surface area contributed by atoms with Crippen LogP contribution in [0.1, 0.15) is 127 Å². The molecule has 1 aromatic carbocycles. The summed E-state index contributed by atoms with van der Waals surface area (Å²) >= 11 is 0. The highest BCUT2D eigenvalue weighted by atomic mass is 16.3. The van der Waals surface area contributed by atoms with Crippen molar-refractivity contribution < 1.29 is 34.8 Å². The average molecular weight is 607 g/mol. The van der Waals surface area contributed by atoms with E-state index in [0.29, 0.717) is 23.8 Å². The van der Waals surface area contributed by atoms with Crippen molar-refractivity contribution in [2.75, 3.05) is 0 Å². The van der Waals surface area contributed by atoms with Gasteiger partial charge in [-0.05, 0) is 73.8 Å². The minimum absolute atomic E-state index is 0.0631. The molecule has 240 valence electrons. The molecular weight excluding hydrogens is 556 g/mol. The number of rotatable bonds is 7. The molecule has 0 aliphatic heterocycles. The van der Waals surface area contributed by atoms with E-state index in [2.05, 4.69) is 13.8 Å². The Balaban J connectivity index is 1.68. The molecule has 4 aliphatic carbocycles. The lowest BCUT2D eigenvalue weighted by Crippen LogP contribution is -2.67. The molecule has 5 rings (SSSR count). The van der Waals surface area contributed by atoms with E-state index in [1.807, 2.05) is 32.9 Å². The zero-order valence-corrected chi connectivity index (χ0v) is 27.4. The highest BCUT2D eigenvalue weighted by molar-refractivity contribution is 6.25. The second-order valence-corrected chi connectivity index (χ2v) is 15.3. The molecule has 0 spiro atoms. The lowest BCUT2D eigenvalue weighted by Gasteiger charge is -2.59. The summed E-state index contributed by atoms with van der Waals surface area (Å²) in [5.41, 5.74) is -4.06. The van der Waals surface area contributed by atoms with E-state index in [4.69, 9.17) is 0 Å². The number of hydrogen-bond acceptors (Lipinski definition) is 7. The van der Waals surface area contributed by atoms with Gasteiger partial charge in [0.25, 0.3) is 0 Å². The SMILES string of the molecule is CCCCC(c1ccc2c(c1O)C(=O)C1=C(O)[C@@]3(O)C(=O)C(C(C)=O)=C(O)C(C(C)C)[C@@]3(C)C[C@@]1(C)C2)C1CCC(C)CC1. The Morgan fingerprint density at radius 1 is 1.05 bits per heavy atom. The number of ketones is 3. The van der Waals surface area contributed by atoms with Crippen molar-refractivity contribution in [2.24, 2.45) is 34.5 Å². The summed E-state index contributed by atoms with van der Waals surface area (Å²) in [5, 5.41) is 47.3. The highest BCUT2D eigenvalue weighted by Crippen LogP contribution is 2.65. The van der Waals surface area contributed by atoms with Crippen molar-refractivity contribution >= 4 is 17.3 Å². The molecule has 4 N–H and O–H groups in total. The van der Waals surface area contributed by atoms with Gasteiger partial charge in [0.1, 0.15) is 22.8 Å². The van der Waals surface area contributed by atoms with Gasteiger partial charge in [-0.1, -0.05) is 79.4 Å². The van der Waals surface area contributed by atoms with E-state index >= 15 is 0 Å². The topological polar surface area (TPSA) is 132 Å². The number of phenols is 1. The third-order valence-electron chi connectivity index (χ3n) is 11.8. The van der Waals surface area contributed by atoms with E-state index in [1.54, 1.807) is 6.92 Å². The fourth-order valence-corrected chi connectivity index (χ4v) is 9.80. The number of carbonyl (C=O) groups excluding carboxylic acids is 3. The van der Waals surface area contributed by atoms with Crippen LogP contribution in [0.3, 0.4) is 0 Å². The first kappa shape index (κ1) is 32.5. The number of carbonyl (C=O) groups is 3. The van der Waals surface area contributed by atoms with Crippen LogP contribution in [-0.4, -0.2) is 43.4 Å². The van der Waals surface area contributed by atoms with Crippen LogP contribution in [0.2, 0.25) is 0 Å². The van der Waals surface area contributed by atoms with Crippen LogP contribution in [0.25, 0.3) is 0 Å². The largest absolute Gasteiger partial charge is 0.511 e. The molecule has 0 aromatic heterocycles. The smallest absolute Gasteiger partial charge is 0.209 e. The van der Waals surface area contributed by atoms with Crippen molar-refractivity contribution in [1.82, 2.24) is 0 Å². The molecule has 0 saturated heterocycles. The first-order valence-electron chi connectivity index (χ1n) is 16.6. The summed E-state index contributed by atoms with van der Waals surface area (Å²) in [7, 11) is 0. The zero-order chi connectivity index (χ0) is 32.5. The minimum atomic E-state index is -2.59. The lowest BCUT2D eigenvalue weighted by molar-refractivity contribution is -0.171. The van der Waals surface area contributed by atoms with Crippen LogP contribution in [0.15, 0.2) is 34.8 Å². The lowest BCUT2D eigenvalue weighted by atomic mass is 9.44. The Hall–Kier alpha value is -2.93. The Morgan fingerprint density at radius 2 is 1.68 bits per heavy atom. The van der Waals surface area contributed by atoms with E-state index < -0.39 is 51.0 Å². The van der Waals surface area contributed by atoms with Crippen LogP contribution < -0.4 is 0 Å². The normalized spacial score (nSPS) is 34.5. The van der Waals surface area contributed by atoms with Crippen molar-refractivity contribution in [3.63, 3.8) is 0 Å². The van der Waals surface area contributed by atoms with Gasteiger partial charge in [-0.25, -0.2) is 0 Å². The second kappa shape index (κ2) is 11.1. The standard InChI is InChI=1S/C37H50O7/c1-8-9-10-24(22-13-11-20(4)12-14-22)25-16-15-23-17-35(6)18-36(7)28(19(2)3)31(40)26(21(5)38)33(42)37(36,44)34(43)29(35)32(41)27(23)30(25)39/h15-16,19-20,22,24,28,39-40,43-44H,8-14,17-18H2,1-7H3/t20?,22?,24?,28?,35-,36-,37+/m1/s1. The molecule has 1 saturated carbocycles. The third kappa shape index (κ3) is 4.51. The van der Waals surface area contributed by atoms with Crippen molar-refractivity contribution in [1.29, 1.82) is 0 Å². The molecular formula is C37H50O7. The number of aromatic hydroxyl groups is 1. The predicted molar refractivity (Wildman–Crippen MR) is 169 cm³/mol. The summed E-state index contributed by atoms with van der Waals surface area (Å²) in [6.45, 7) is 12.7. The van der Waals surface area contributed by atoms with Gasteiger partial charge in [0.05, 0.1) is 5.56 Å². The number of unbranched alkanes of at least 4 members (excludes halogenated alkanes) is 1. The second-order valence-electron chi connectivity index (χ2n) is 15.3. The van der Waals surface area contributed by atoms with Crippen molar-refractivity contribution in [3.05, 3.63) is 51.5 Å². The maximum absolute atomic E-state index is 14.5.